The second kappa shape index (κ2) is 5.74. The van der Waals surface area contributed by atoms with Gasteiger partial charge in [0.05, 0.1) is 0 Å². The summed E-state index contributed by atoms with van der Waals surface area (Å²) in [4.78, 5) is 21.6. The molecule has 1 unspecified atom stereocenters. The highest BCUT2D eigenvalue weighted by Crippen LogP contribution is 2.13. The SMILES string of the molecule is NC(=O)CCC(Nc1ccc(N)cc1)C(=O)O. The largest absolute Gasteiger partial charge is 0.480 e. The van der Waals surface area contributed by atoms with Crippen LogP contribution >= 0.6 is 0 Å². The van der Waals surface area contributed by atoms with Crippen molar-refractivity contribution in [1.82, 2.24) is 0 Å². The zero-order chi connectivity index (χ0) is 12.8. The Labute approximate surface area is 98.6 Å². The Bertz CT molecular complexity index is 403. The summed E-state index contributed by atoms with van der Waals surface area (Å²) in [5, 5.41) is 11.8. The molecule has 1 aromatic carbocycles. The third-order valence-corrected chi connectivity index (χ3v) is 2.23. The number of aliphatic carboxylic acids is 1. The maximum Gasteiger partial charge on any atom is 0.326 e. The van der Waals surface area contributed by atoms with Gasteiger partial charge in [-0.25, -0.2) is 4.79 Å². The van der Waals surface area contributed by atoms with Crippen molar-refractivity contribution in [2.75, 3.05) is 11.1 Å². The minimum absolute atomic E-state index is 0.0267. The number of hydrogen-bond donors (Lipinski definition) is 4. The molecule has 1 aromatic rings. The van der Waals surface area contributed by atoms with E-state index in [1.165, 1.54) is 0 Å². The summed E-state index contributed by atoms with van der Waals surface area (Å²) in [7, 11) is 0. The zero-order valence-corrected chi connectivity index (χ0v) is 9.22. The fraction of sp³-hybridized carbons (Fsp3) is 0.273. The van der Waals surface area contributed by atoms with E-state index in [4.69, 9.17) is 16.6 Å². The third-order valence-electron chi connectivity index (χ3n) is 2.23. The van der Waals surface area contributed by atoms with E-state index in [-0.39, 0.29) is 12.8 Å². The first-order valence-corrected chi connectivity index (χ1v) is 5.12. The van der Waals surface area contributed by atoms with Crippen LogP contribution in [0.5, 0.6) is 0 Å². The van der Waals surface area contributed by atoms with E-state index in [0.717, 1.165) is 0 Å². The molecule has 1 atom stereocenters. The number of benzene rings is 1. The van der Waals surface area contributed by atoms with Crippen LogP contribution in [0.25, 0.3) is 0 Å². The summed E-state index contributed by atoms with van der Waals surface area (Å²) in [6.07, 6.45) is 0.175. The van der Waals surface area contributed by atoms with Crippen molar-refractivity contribution in [3.63, 3.8) is 0 Å². The summed E-state index contributed by atoms with van der Waals surface area (Å²) < 4.78 is 0. The highest BCUT2D eigenvalue weighted by atomic mass is 16.4. The molecular weight excluding hydrogens is 222 g/mol. The Morgan fingerprint density at radius 3 is 2.35 bits per heavy atom. The Morgan fingerprint density at radius 2 is 1.88 bits per heavy atom. The first kappa shape index (κ1) is 12.8. The predicted octanol–water partition coefficient (Wildman–Crippen LogP) is 0.399. The number of nitrogen functional groups attached to an aromatic ring is 1. The lowest BCUT2D eigenvalue weighted by molar-refractivity contribution is -0.138. The van der Waals surface area contributed by atoms with Gasteiger partial charge in [0.2, 0.25) is 5.91 Å². The van der Waals surface area contributed by atoms with E-state index < -0.39 is 17.9 Å². The molecule has 0 saturated heterocycles. The molecule has 0 radical (unpaired) electrons. The molecule has 0 aliphatic carbocycles. The van der Waals surface area contributed by atoms with Crippen molar-refractivity contribution < 1.29 is 14.7 Å². The summed E-state index contributed by atoms with van der Waals surface area (Å²) in [6.45, 7) is 0. The number of primary amides is 1. The summed E-state index contributed by atoms with van der Waals surface area (Å²) in [6, 6.07) is 5.83. The number of rotatable bonds is 6. The van der Waals surface area contributed by atoms with Crippen molar-refractivity contribution in [2.45, 2.75) is 18.9 Å². The van der Waals surface area contributed by atoms with E-state index >= 15 is 0 Å². The molecule has 6 heteroatoms. The quantitative estimate of drug-likeness (QED) is 0.534. The maximum absolute atomic E-state index is 10.9. The molecule has 92 valence electrons. The van der Waals surface area contributed by atoms with Crippen LogP contribution in [0, 0.1) is 0 Å². The smallest absolute Gasteiger partial charge is 0.326 e. The lowest BCUT2D eigenvalue weighted by Gasteiger charge is -2.15. The molecule has 6 nitrogen and oxygen atoms in total. The number of carboxylic acid groups (broad SMARTS) is 1. The van der Waals surface area contributed by atoms with Crippen LogP contribution in [0.2, 0.25) is 0 Å². The fourth-order valence-corrected chi connectivity index (χ4v) is 1.32. The highest BCUT2D eigenvalue weighted by molar-refractivity contribution is 5.79. The molecule has 0 fully saturated rings. The van der Waals surface area contributed by atoms with E-state index in [9.17, 15) is 9.59 Å². The fourth-order valence-electron chi connectivity index (χ4n) is 1.32. The predicted molar refractivity (Wildman–Crippen MR) is 64.3 cm³/mol. The summed E-state index contributed by atoms with van der Waals surface area (Å²) in [5.74, 6) is -1.54. The molecule has 6 N–H and O–H groups in total. The average Bonchev–Trinajstić information content (AvgIpc) is 2.26. The van der Waals surface area contributed by atoms with Gasteiger partial charge >= 0.3 is 5.97 Å². The van der Waals surface area contributed by atoms with Gasteiger partial charge in [0.15, 0.2) is 0 Å². The number of amides is 1. The Morgan fingerprint density at radius 1 is 1.29 bits per heavy atom. The summed E-state index contributed by atoms with van der Waals surface area (Å²) in [5.41, 5.74) is 11.7. The van der Waals surface area contributed by atoms with Crippen LogP contribution < -0.4 is 16.8 Å². The normalized spacial score (nSPS) is 11.8. The minimum Gasteiger partial charge on any atom is -0.480 e. The second-order valence-electron chi connectivity index (χ2n) is 3.66. The van der Waals surface area contributed by atoms with Gasteiger partial charge in [-0.05, 0) is 30.7 Å². The van der Waals surface area contributed by atoms with E-state index in [0.29, 0.717) is 11.4 Å². The minimum atomic E-state index is -1.02. The van der Waals surface area contributed by atoms with Crippen molar-refractivity contribution in [3.05, 3.63) is 24.3 Å². The van der Waals surface area contributed by atoms with Gasteiger partial charge in [-0.2, -0.15) is 0 Å². The number of carbonyl (C=O) groups is 2. The lowest BCUT2D eigenvalue weighted by atomic mass is 10.1. The topological polar surface area (TPSA) is 118 Å². The van der Waals surface area contributed by atoms with Gasteiger partial charge in [0.1, 0.15) is 6.04 Å². The van der Waals surface area contributed by atoms with E-state index in [1.54, 1.807) is 24.3 Å². The van der Waals surface area contributed by atoms with Gasteiger partial charge in [-0.3, -0.25) is 4.79 Å². The van der Waals surface area contributed by atoms with Gasteiger partial charge < -0.3 is 21.9 Å². The van der Waals surface area contributed by atoms with Crippen molar-refractivity contribution in [3.8, 4) is 0 Å². The molecule has 0 aliphatic rings. The van der Waals surface area contributed by atoms with Crippen LogP contribution in [0.15, 0.2) is 24.3 Å². The molecule has 1 rings (SSSR count). The van der Waals surface area contributed by atoms with E-state index in [1.807, 2.05) is 0 Å². The molecule has 0 aromatic heterocycles. The average molecular weight is 237 g/mol. The molecule has 0 bridgehead atoms. The molecule has 0 aliphatic heterocycles. The number of hydrogen-bond acceptors (Lipinski definition) is 4. The van der Waals surface area contributed by atoms with Crippen molar-refractivity contribution in [2.24, 2.45) is 5.73 Å². The molecular formula is C11H15N3O3. The van der Waals surface area contributed by atoms with Crippen LogP contribution in [0.3, 0.4) is 0 Å². The number of nitrogens with one attached hydrogen (secondary N) is 1. The molecule has 0 saturated carbocycles. The van der Waals surface area contributed by atoms with Crippen LogP contribution in [-0.4, -0.2) is 23.0 Å². The van der Waals surface area contributed by atoms with Crippen LogP contribution in [0.1, 0.15) is 12.8 Å². The zero-order valence-electron chi connectivity index (χ0n) is 9.22. The Balaban J connectivity index is 2.63. The van der Waals surface area contributed by atoms with Crippen molar-refractivity contribution in [1.29, 1.82) is 0 Å². The molecule has 0 spiro atoms. The van der Waals surface area contributed by atoms with Gasteiger partial charge in [0.25, 0.3) is 0 Å². The van der Waals surface area contributed by atoms with Gasteiger partial charge in [-0.15, -0.1) is 0 Å². The number of nitrogens with two attached hydrogens (primary N) is 2. The maximum atomic E-state index is 10.9. The van der Waals surface area contributed by atoms with Crippen LogP contribution in [-0.2, 0) is 9.59 Å². The number of anilines is 2. The van der Waals surface area contributed by atoms with Crippen LogP contribution in [0.4, 0.5) is 11.4 Å². The van der Waals surface area contributed by atoms with Crippen molar-refractivity contribution >= 4 is 23.3 Å². The van der Waals surface area contributed by atoms with Gasteiger partial charge in [-0.1, -0.05) is 0 Å². The molecule has 17 heavy (non-hydrogen) atoms. The van der Waals surface area contributed by atoms with E-state index in [2.05, 4.69) is 5.32 Å². The third kappa shape index (κ3) is 4.42. The first-order chi connectivity index (χ1) is 7.99. The monoisotopic (exact) mass is 237 g/mol. The molecule has 0 heterocycles. The Kier molecular flexibility index (Phi) is 4.33. The van der Waals surface area contributed by atoms with Gasteiger partial charge in [0, 0.05) is 17.8 Å². The highest BCUT2D eigenvalue weighted by Gasteiger charge is 2.17. The second-order valence-corrected chi connectivity index (χ2v) is 3.66. The summed E-state index contributed by atoms with van der Waals surface area (Å²) >= 11 is 0. The standard InChI is InChI=1S/C11H15N3O3/c12-7-1-3-8(4-2-7)14-9(11(16)17)5-6-10(13)15/h1-4,9,14H,5-6,12H2,(H2,13,15)(H,16,17). The number of carbonyl (C=O) groups excluding carboxylic acids is 1. The lowest BCUT2D eigenvalue weighted by Crippen LogP contribution is -2.30. The molecule has 1 amide bonds. The number of carboxylic acids is 1. The first-order valence-electron chi connectivity index (χ1n) is 5.12. The Hall–Kier alpha value is -2.24.